The van der Waals surface area contributed by atoms with E-state index in [1.54, 1.807) is 0 Å². The molecule has 144 valence electrons. The molecule has 0 radical (unpaired) electrons. The Bertz CT molecular complexity index is 884. The highest BCUT2D eigenvalue weighted by Gasteiger charge is 2.51. The molecule has 0 bridgehead atoms. The average Bonchev–Trinajstić information content (AvgIpc) is 2.93. The summed E-state index contributed by atoms with van der Waals surface area (Å²) in [5.74, 6) is -0.727. The van der Waals surface area contributed by atoms with Crippen LogP contribution < -0.4 is 5.32 Å². The normalized spacial score (nSPS) is 18.5. The van der Waals surface area contributed by atoms with Gasteiger partial charge >= 0.3 is 0 Å². The van der Waals surface area contributed by atoms with Gasteiger partial charge in [-0.15, -0.1) is 0 Å². The average molecular weight is 376 g/mol. The number of likely N-dealkylation sites (tertiary alicyclic amines) is 1. The summed E-state index contributed by atoms with van der Waals surface area (Å²) < 4.78 is 0. The molecule has 2 aromatic rings. The van der Waals surface area contributed by atoms with Crippen LogP contribution >= 0.6 is 0 Å². The van der Waals surface area contributed by atoms with Crippen molar-refractivity contribution in [3.05, 3.63) is 54.6 Å². The summed E-state index contributed by atoms with van der Waals surface area (Å²) in [6.45, 7) is -0.208. The molecule has 3 amide bonds. The minimum atomic E-state index is -0.549. The van der Waals surface area contributed by atoms with Gasteiger partial charge < -0.3 is 5.32 Å². The SMILES string of the molecule is O=C(CN1C(=O)CC2(CCCCC2)C1=O)Nc1ccc(-c2ccccc2)cc1. The Morgan fingerprint density at radius 3 is 2.21 bits per heavy atom. The Morgan fingerprint density at radius 2 is 1.54 bits per heavy atom. The summed E-state index contributed by atoms with van der Waals surface area (Å²) in [4.78, 5) is 38.8. The number of imide groups is 1. The molecule has 28 heavy (non-hydrogen) atoms. The zero-order chi connectivity index (χ0) is 19.6. The number of carbonyl (C=O) groups is 3. The molecule has 0 aromatic heterocycles. The fraction of sp³-hybridized carbons (Fsp3) is 0.348. The summed E-state index contributed by atoms with van der Waals surface area (Å²) in [6.07, 6.45) is 4.85. The fourth-order valence-electron chi connectivity index (χ4n) is 4.36. The second kappa shape index (κ2) is 7.58. The first-order chi connectivity index (χ1) is 13.6. The van der Waals surface area contributed by atoms with Gasteiger partial charge in [0.15, 0.2) is 0 Å². The third-order valence-electron chi connectivity index (χ3n) is 5.88. The van der Waals surface area contributed by atoms with Crippen LogP contribution in [0.1, 0.15) is 38.5 Å². The van der Waals surface area contributed by atoms with Crippen molar-refractivity contribution in [3.63, 3.8) is 0 Å². The number of carbonyl (C=O) groups excluding carboxylic acids is 3. The Kier molecular flexibility index (Phi) is 4.99. The first-order valence-corrected chi connectivity index (χ1v) is 9.88. The molecule has 1 saturated heterocycles. The predicted octanol–water partition coefficient (Wildman–Crippen LogP) is 4.00. The van der Waals surface area contributed by atoms with Crippen molar-refractivity contribution in [2.24, 2.45) is 5.41 Å². The van der Waals surface area contributed by atoms with Gasteiger partial charge in [0, 0.05) is 12.1 Å². The lowest BCUT2D eigenvalue weighted by molar-refractivity contribution is -0.144. The van der Waals surface area contributed by atoms with E-state index in [2.05, 4.69) is 5.32 Å². The van der Waals surface area contributed by atoms with E-state index in [1.807, 2.05) is 54.6 Å². The van der Waals surface area contributed by atoms with Crippen LogP contribution in [0.2, 0.25) is 0 Å². The Labute approximate surface area is 164 Å². The fourth-order valence-corrected chi connectivity index (χ4v) is 4.36. The Hall–Kier alpha value is -2.95. The molecule has 2 aromatic carbocycles. The van der Waals surface area contributed by atoms with Gasteiger partial charge in [0.1, 0.15) is 6.54 Å². The molecule has 5 nitrogen and oxygen atoms in total. The molecular formula is C23H24N2O3. The van der Waals surface area contributed by atoms with Gasteiger partial charge in [-0.3, -0.25) is 19.3 Å². The lowest BCUT2D eigenvalue weighted by Crippen LogP contribution is -2.41. The highest BCUT2D eigenvalue weighted by Crippen LogP contribution is 2.45. The molecule has 2 fully saturated rings. The van der Waals surface area contributed by atoms with E-state index in [4.69, 9.17) is 0 Å². The molecule has 1 aliphatic carbocycles. The van der Waals surface area contributed by atoms with Gasteiger partial charge in [-0.05, 0) is 36.1 Å². The molecule has 1 spiro atoms. The maximum absolute atomic E-state index is 12.8. The Morgan fingerprint density at radius 1 is 0.893 bits per heavy atom. The van der Waals surface area contributed by atoms with Crippen molar-refractivity contribution in [1.29, 1.82) is 0 Å². The molecule has 0 atom stereocenters. The van der Waals surface area contributed by atoms with Crippen LogP contribution in [0.15, 0.2) is 54.6 Å². The highest BCUT2D eigenvalue weighted by atomic mass is 16.2. The van der Waals surface area contributed by atoms with Crippen LogP contribution in [0.5, 0.6) is 0 Å². The minimum absolute atomic E-state index is 0.160. The summed E-state index contributed by atoms with van der Waals surface area (Å²) in [5.41, 5.74) is 2.26. The molecule has 4 rings (SSSR count). The lowest BCUT2D eigenvalue weighted by atomic mass is 9.73. The summed E-state index contributed by atoms with van der Waals surface area (Å²) in [7, 11) is 0. The first-order valence-electron chi connectivity index (χ1n) is 9.88. The maximum atomic E-state index is 12.8. The van der Waals surface area contributed by atoms with E-state index in [0.29, 0.717) is 5.69 Å². The second-order valence-corrected chi connectivity index (χ2v) is 7.79. The largest absolute Gasteiger partial charge is 0.325 e. The van der Waals surface area contributed by atoms with Gasteiger partial charge in [-0.1, -0.05) is 61.7 Å². The van der Waals surface area contributed by atoms with Gasteiger partial charge in [-0.25, -0.2) is 0 Å². The van der Waals surface area contributed by atoms with Gasteiger partial charge in [-0.2, -0.15) is 0 Å². The molecular weight excluding hydrogens is 352 g/mol. The number of nitrogens with one attached hydrogen (secondary N) is 1. The zero-order valence-corrected chi connectivity index (χ0v) is 15.8. The van der Waals surface area contributed by atoms with Gasteiger partial charge in [0.2, 0.25) is 17.7 Å². The van der Waals surface area contributed by atoms with Crippen molar-refractivity contribution in [1.82, 2.24) is 4.90 Å². The molecule has 2 aliphatic rings. The van der Waals surface area contributed by atoms with Crippen molar-refractivity contribution in [3.8, 4) is 11.1 Å². The van der Waals surface area contributed by atoms with E-state index >= 15 is 0 Å². The molecule has 0 unspecified atom stereocenters. The van der Waals surface area contributed by atoms with Crippen LogP contribution in [0, 0.1) is 5.41 Å². The lowest BCUT2D eigenvalue weighted by Gasteiger charge is -2.30. The number of anilines is 1. The van der Waals surface area contributed by atoms with Crippen LogP contribution in [-0.2, 0) is 14.4 Å². The predicted molar refractivity (Wildman–Crippen MR) is 107 cm³/mol. The van der Waals surface area contributed by atoms with Crippen molar-refractivity contribution in [2.45, 2.75) is 38.5 Å². The highest BCUT2D eigenvalue weighted by molar-refractivity contribution is 6.09. The topological polar surface area (TPSA) is 66.5 Å². The molecule has 1 N–H and O–H groups in total. The van der Waals surface area contributed by atoms with Crippen molar-refractivity contribution in [2.75, 3.05) is 11.9 Å². The smallest absolute Gasteiger partial charge is 0.244 e. The van der Waals surface area contributed by atoms with E-state index in [0.717, 1.165) is 48.1 Å². The van der Waals surface area contributed by atoms with Crippen LogP contribution in [-0.4, -0.2) is 29.2 Å². The summed E-state index contributed by atoms with van der Waals surface area (Å²) in [5, 5.41) is 2.79. The number of nitrogens with zero attached hydrogens (tertiary/aromatic N) is 1. The van der Waals surface area contributed by atoms with Crippen molar-refractivity contribution < 1.29 is 14.4 Å². The van der Waals surface area contributed by atoms with E-state index in [1.165, 1.54) is 0 Å². The molecule has 1 heterocycles. The monoisotopic (exact) mass is 376 g/mol. The van der Waals surface area contributed by atoms with E-state index in [9.17, 15) is 14.4 Å². The van der Waals surface area contributed by atoms with Crippen LogP contribution in [0.3, 0.4) is 0 Å². The Balaban J connectivity index is 1.39. The van der Waals surface area contributed by atoms with Crippen LogP contribution in [0.4, 0.5) is 5.69 Å². The number of rotatable bonds is 4. The molecule has 5 heteroatoms. The number of hydrogen-bond donors (Lipinski definition) is 1. The maximum Gasteiger partial charge on any atom is 0.244 e. The van der Waals surface area contributed by atoms with Gasteiger partial charge in [0.05, 0.1) is 5.41 Å². The third-order valence-corrected chi connectivity index (χ3v) is 5.88. The minimum Gasteiger partial charge on any atom is -0.325 e. The standard InChI is InChI=1S/C23H24N2O3/c26-20(16-25-21(27)15-23(22(25)28)13-5-2-6-14-23)24-19-11-9-18(10-12-19)17-7-3-1-4-8-17/h1,3-4,7-12H,2,5-6,13-16H2,(H,24,26). The quantitative estimate of drug-likeness (QED) is 0.820. The molecule has 1 aliphatic heterocycles. The summed E-state index contributed by atoms with van der Waals surface area (Å²) >= 11 is 0. The number of benzene rings is 2. The second-order valence-electron chi connectivity index (χ2n) is 7.79. The van der Waals surface area contributed by atoms with Gasteiger partial charge in [0.25, 0.3) is 0 Å². The third kappa shape index (κ3) is 3.57. The van der Waals surface area contributed by atoms with E-state index in [-0.39, 0.29) is 30.7 Å². The van der Waals surface area contributed by atoms with Crippen LogP contribution in [0.25, 0.3) is 11.1 Å². The zero-order valence-electron chi connectivity index (χ0n) is 15.8. The van der Waals surface area contributed by atoms with Crippen molar-refractivity contribution >= 4 is 23.4 Å². The first kappa shape index (κ1) is 18.4. The number of amides is 3. The summed E-state index contributed by atoms with van der Waals surface area (Å²) in [6, 6.07) is 17.5. The van der Waals surface area contributed by atoms with E-state index < -0.39 is 5.41 Å². The molecule has 1 saturated carbocycles. The number of hydrogen-bond acceptors (Lipinski definition) is 3.